The molecule has 0 bridgehead atoms. The molecule has 0 unspecified atom stereocenters. The molecule has 1 saturated carbocycles. The van der Waals surface area contributed by atoms with Crippen molar-refractivity contribution in [1.29, 1.82) is 5.26 Å². The van der Waals surface area contributed by atoms with Gasteiger partial charge in [0.2, 0.25) is 0 Å². The van der Waals surface area contributed by atoms with Crippen molar-refractivity contribution in [2.24, 2.45) is 0 Å². The molecule has 2 aliphatic heterocycles. The molecule has 31 heavy (non-hydrogen) atoms. The van der Waals surface area contributed by atoms with E-state index in [-0.39, 0.29) is 12.1 Å². The number of ether oxygens (including phenoxy) is 2. The molecule has 6 nitrogen and oxygen atoms in total. The highest BCUT2D eigenvalue weighted by molar-refractivity contribution is 5.79. The fourth-order valence-corrected chi connectivity index (χ4v) is 5.02. The van der Waals surface area contributed by atoms with Crippen molar-refractivity contribution in [3.8, 4) is 28.7 Å². The van der Waals surface area contributed by atoms with Crippen LogP contribution in [-0.4, -0.2) is 61.5 Å². The summed E-state index contributed by atoms with van der Waals surface area (Å²) in [6.45, 7) is 3.18. The maximum absolute atomic E-state index is 10.0. The summed E-state index contributed by atoms with van der Waals surface area (Å²) in [5, 5.41) is 19.8. The summed E-state index contributed by atoms with van der Waals surface area (Å²) >= 11 is 0. The molecule has 0 atom stereocenters. The number of aliphatic hydroxyl groups is 1. The lowest BCUT2D eigenvalue weighted by molar-refractivity contribution is 0.0796. The van der Waals surface area contributed by atoms with Gasteiger partial charge in [-0.2, -0.15) is 5.26 Å². The lowest BCUT2D eigenvalue weighted by atomic mass is 9.95. The number of hydrogen-bond acceptors (Lipinski definition) is 6. The maximum atomic E-state index is 10.0. The van der Waals surface area contributed by atoms with Crippen molar-refractivity contribution in [2.75, 3.05) is 44.9 Å². The van der Waals surface area contributed by atoms with Crippen LogP contribution in [0.2, 0.25) is 0 Å². The monoisotopic (exact) mass is 419 g/mol. The van der Waals surface area contributed by atoms with E-state index in [9.17, 15) is 10.4 Å². The third-order valence-corrected chi connectivity index (χ3v) is 7.23. The molecule has 1 aliphatic carbocycles. The number of hydrogen-bond donors (Lipinski definition) is 1. The second-order valence-corrected chi connectivity index (χ2v) is 8.88. The number of piperidine rings is 1. The van der Waals surface area contributed by atoms with Crippen LogP contribution in [0.4, 0.5) is 5.69 Å². The number of fused-ring (bicyclic) bond motifs is 1. The number of benzene rings is 2. The zero-order valence-corrected chi connectivity index (χ0v) is 18.0. The summed E-state index contributed by atoms with van der Waals surface area (Å²) in [7, 11) is 2.16. The molecule has 2 aromatic rings. The third kappa shape index (κ3) is 3.62. The Kier molecular flexibility index (Phi) is 5.25. The minimum atomic E-state index is 0.0167. The van der Waals surface area contributed by atoms with E-state index in [1.165, 1.54) is 0 Å². The molecule has 162 valence electrons. The summed E-state index contributed by atoms with van der Waals surface area (Å²) in [6, 6.07) is 14.9. The van der Waals surface area contributed by atoms with E-state index in [4.69, 9.17) is 9.47 Å². The molecule has 2 aromatic carbocycles. The first-order valence-corrected chi connectivity index (χ1v) is 11.2. The van der Waals surface area contributed by atoms with Crippen molar-refractivity contribution in [1.82, 2.24) is 4.90 Å². The summed E-state index contributed by atoms with van der Waals surface area (Å²) in [5.74, 6) is 1.49. The van der Waals surface area contributed by atoms with Gasteiger partial charge in [-0.05, 0) is 56.5 Å². The minimum Gasteiger partial charge on any atom is -0.486 e. The highest BCUT2D eigenvalue weighted by Crippen LogP contribution is 2.43. The molecule has 6 heteroatoms. The Balaban J connectivity index is 1.37. The standard InChI is InChI=1S/C25H29N3O3/c1-27(25(17-29)9-10-25)19-7-11-28(12-8-19)22-4-2-3-20(21(22)16-26)18-5-6-23-24(15-18)31-14-13-30-23/h2-6,15,19,29H,7-14,17H2,1H3. The van der Waals surface area contributed by atoms with E-state index in [1.54, 1.807) is 0 Å². The van der Waals surface area contributed by atoms with E-state index in [2.05, 4.69) is 29.0 Å². The molecule has 1 N–H and O–H groups in total. The Bertz CT molecular complexity index is 1000. The summed E-state index contributed by atoms with van der Waals surface area (Å²) in [6.07, 6.45) is 4.27. The van der Waals surface area contributed by atoms with Crippen molar-refractivity contribution < 1.29 is 14.6 Å². The Morgan fingerprint density at radius 2 is 1.87 bits per heavy atom. The van der Waals surface area contributed by atoms with Crippen molar-refractivity contribution in [2.45, 2.75) is 37.3 Å². The summed E-state index contributed by atoms with van der Waals surface area (Å²) in [5.41, 5.74) is 3.62. The highest BCUT2D eigenvalue weighted by Gasteiger charge is 2.48. The van der Waals surface area contributed by atoms with E-state index < -0.39 is 0 Å². The van der Waals surface area contributed by atoms with E-state index in [1.807, 2.05) is 30.3 Å². The average molecular weight is 420 g/mol. The van der Waals surface area contributed by atoms with Crippen molar-refractivity contribution in [3.63, 3.8) is 0 Å². The number of nitrogens with zero attached hydrogens (tertiary/aromatic N) is 3. The third-order valence-electron chi connectivity index (χ3n) is 7.23. The molecule has 2 fully saturated rings. The maximum Gasteiger partial charge on any atom is 0.161 e. The second-order valence-electron chi connectivity index (χ2n) is 8.88. The number of rotatable bonds is 5. The number of likely N-dealkylation sites (N-methyl/N-ethyl adjacent to an activating group) is 1. The van der Waals surface area contributed by atoms with Crippen LogP contribution in [0.3, 0.4) is 0 Å². The highest BCUT2D eigenvalue weighted by atomic mass is 16.6. The Morgan fingerprint density at radius 3 is 2.55 bits per heavy atom. The van der Waals surface area contributed by atoms with Crippen LogP contribution in [0.1, 0.15) is 31.2 Å². The van der Waals surface area contributed by atoms with Crippen LogP contribution in [0.25, 0.3) is 11.1 Å². The van der Waals surface area contributed by atoms with E-state index in [0.29, 0.717) is 24.8 Å². The molecule has 0 spiro atoms. The van der Waals surface area contributed by atoms with E-state index >= 15 is 0 Å². The first-order chi connectivity index (χ1) is 15.1. The lowest BCUT2D eigenvalue weighted by Crippen LogP contribution is -2.49. The van der Waals surface area contributed by atoms with Crippen molar-refractivity contribution in [3.05, 3.63) is 42.0 Å². The van der Waals surface area contributed by atoms with Crippen molar-refractivity contribution >= 4 is 5.69 Å². The van der Waals surface area contributed by atoms with Gasteiger partial charge in [0.25, 0.3) is 0 Å². The lowest BCUT2D eigenvalue weighted by Gasteiger charge is -2.41. The molecular formula is C25H29N3O3. The quantitative estimate of drug-likeness (QED) is 0.801. The summed E-state index contributed by atoms with van der Waals surface area (Å²) < 4.78 is 11.4. The first kappa shape index (κ1) is 20.2. The van der Waals surface area contributed by atoms with E-state index in [0.717, 1.165) is 67.1 Å². The number of aliphatic hydroxyl groups excluding tert-OH is 1. The Labute approximate surface area is 183 Å². The SMILES string of the molecule is CN(C1CCN(c2cccc(-c3ccc4c(c3)OCCO4)c2C#N)CC1)C1(CO)CC1. The van der Waals surface area contributed by atoms with Crippen LogP contribution in [0.5, 0.6) is 11.5 Å². The molecular weight excluding hydrogens is 390 g/mol. The Morgan fingerprint density at radius 1 is 1.13 bits per heavy atom. The van der Waals surface area contributed by atoms with Crippen LogP contribution >= 0.6 is 0 Å². The van der Waals surface area contributed by atoms with Crippen LogP contribution in [0, 0.1) is 11.3 Å². The van der Waals surface area contributed by atoms with Gasteiger partial charge in [0.1, 0.15) is 19.3 Å². The summed E-state index contributed by atoms with van der Waals surface area (Å²) in [4.78, 5) is 4.74. The van der Waals surface area contributed by atoms with Crippen LogP contribution in [-0.2, 0) is 0 Å². The van der Waals surface area contributed by atoms with Gasteiger partial charge in [0, 0.05) is 30.2 Å². The fourth-order valence-electron chi connectivity index (χ4n) is 5.02. The van der Waals surface area contributed by atoms with Crippen LogP contribution < -0.4 is 14.4 Å². The zero-order valence-electron chi connectivity index (χ0n) is 18.0. The normalized spacial score (nSPS) is 19.9. The predicted octanol–water partition coefficient (Wildman–Crippen LogP) is 3.42. The minimum absolute atomic E-state index is 0.0167. The molecule has 0 radical (unpaired) electrons. The van der Waals surface area contributed by atoms with Gasteiger partial charge in [-0.15, -0.1) is 0 Å². The molecule has 2 heterocycles. The molecule has 0 amide bonds. The zero-order chi connectivity index (χ0) is 21.4. The Hall–Kier alpha value is -2.75. The predicted molar refractivity (Wildman–Crippen MR) is 120 cm³/mol. The van der Waals surface area contributed by atoms with Gasteiger partial charge in [-0.1, -0.05) is 18.2 Å². The van der Waals surface area contributed by atoms with Gasteiger partial charge in [-0.25, -0.2) is 0 Å². The largest absolute Gasteiger partial charge is 0.486 e. The van der Waals surface area contributed by atoms with Crippen LogP contribution in [0.15, 0.2) is 36.4 Å². The topological polar surface area (TPSA) is 69.0 Å². The first-order valence-electron chi connectivity index (χ1n) is 11.2. The van der Waals surface area contributed by atoms with Gasteiger partial charge in [0.05, 0.1) is 17.9 Å². The fraction of sp³-hybridized carbons (Fsp3) is 0.480. The second kappa shape index (κ2) is 8.07. The smallest absolute Gasteiger partial charge is 0.161 e. The van der Waals surface area contributed by atoms with Gasteiger partial charge >= 0.3 is 0 Å². The van der Waals surface area contributed by atoms with Gasteiger partial charge in [-0.3, -0.25) is 4.90 Å². The van der Waals surface area contributed by atoms with Gasteiger partial charge < -0.3 is 19.5 Å². The molecule has 3 aliphatic rings. The average Bonchev–Trinajstić information content (AvgIpc) is 3.64. The molecule has 1 saturated heterocycles. The number of anilines is 1. The van der Waals surface area contributed by atoms with Gasteiger partial charge in [0.15, 0.2) is 11.5 Å². The molecule has 5 rings (SSSR count). The molecule has 0 aromatic heterocycles. The number of nitriles is 1.